The van der Waals surface area contributed by atoms with E-state index in [-0.39, 0.29) is 5.41 Å². The van der Waals surface area contributed by atoms with E-state index in [0.29, 0.717) is 17.9 Å². The second kappa shape index (κ2) is 9.01. The second-order valence-corrected chi connectivity index (χ2v) is 9.51. The molecule has 1 aliphatic carbocycles. The summed E-state index contributed by atoms with van der Waals surface area (Å²) in [5.41, 5.74) is -3.74. The van der Waals surface area contributed by atoms with Crippen LogP contribution in [0.5, 0.6) is 5.75 Å². The van der Waals surface area contributed by atoms with Gasteiger partial charge in [0.05, 0.1) is 25.1 Å². The van der Waals surface area contributed by atoms with Gasteiger partial charge in [0.1, 0.15) is 5.75 Å². The van der Waals surface area contributed by atoms with E-state index < -0.39 is 58.9 Å². The largest absolute Gasteiger partial charge is 0.493 e. The molecule has 168 valence electrons. The van der Waals surface area contributed by atoms with Crippen molar-refractivity contribution >= 4 is 5.91 Å². The number of hydrogen-bond acceptors (Lipinski definition) is 4. The molecule has 31 heavy (non-hydrogen) atoms. The predicted octanol–water partition coefficient (Wildman–Crippen LogP) is 4.48. The van der Waals surface area contributed by atoms with Crippen molar-refractivity contribution in [3.63, 3.8) is 0 Å². The van der Waals surface area contributed by atoms with Crippen LogP contribution in [0.15, 0.2) is 54.5 Å². The molecule has 1 fully saturated rings. The van der Waals surface area contributed by atoms with Crippen LogP contribution in [0.2, 0.25) is 0 Å². The Kier molecular flexibility index (Phi) is 5.00. The number of hydrogen-bond donors (Lipinski definition) is 3. The van der Waals surface area contributed by atoms with E-state index in [1.54, 1.807) is 24.3 Å². The Bertz CT molecular complexity index is 1090. The van der Waals surface area contributed by atoms with Crippen molar-refractivity contribution in [3.05, 3.63) is 65.6 Å². The maximum Gasteiger partial charge on any atom is 0.256 e. The van der Waals surface area contributed by atoms with Crippen LogP contribution in [0.1, 0.15) is 77.4 Å². The van der Waals surface area contributed by atoms with Crippen molar-refractivity contribution in [1.82, 2.24) is 5.32 Å². The van der Waals surface area contributed by atoms with Gasteiger partial charge in [-0.2, -0.15) is 0 Å². The number of carbonyl (C=O) groups is 1. The van der Waals surface area contributed by atoms with Gasteiger partial charge < -0.3 is 20.3 Å². The summed E-state index contributed by atoms with van der Waals surface area (Å²) in [5, 5.41) is 24.5. The van der Waals surface area contributed by atoms with Crippen LogP contribution >= 0.6 is 0 Å². The van der Waals surface area contributed by atoms with E-state index in [0.717, 1.165) is 19.8 Å². The lowest BCUT2D eigenvalue weighted by molar-refractivity contribution is -0.141. The van der Waals surface area contributed by atoms with Crippen LogP contribution < -0.4 is 10.1 Å². The lowest BCUT2D eigenvalue weighted by atomic mass is 9.89. The molecule has 0 aromatic heterocycles. The minimum atomic E-state index is -2.46. The first kappa shape index (κ1) is 17.2. The Morgan fingerprint density at radius 3 is 2.26 bits per heavy atom. The maximum absolute atomic E-state index is 13.2. The highest BCUT2D eigenvalue weighted by molar-refractivity contribution is 5.86. The molecule has 0 aliphatic heterocycles. The topological polar surface area (TPSA) is 78.8 Å². The summed E-state index contributed by atoms with van der Waals surface area (Å²) in [6.07, 6.45) is 4.68. The average Bonchev–Trinajstić information content (AvgIpc) is 3.24. The van der Waals surface area contributed by atoms with Gasteiger partial charge in [-0.1, -0.05) is 62.1 Å². The SMILES string of the molecule is [2H]c1c([2H])c([2H])c([C@@](C)(O)C(=O)N[C@H](c2ccc(OCC3(C)CCCC3)cc2)C(C)(C)O)c([2H])c1[2H]. The first-order valence-corrected chi connectivity index (χ1v) is 10.6. The third kappa shape index (κ3) is 5.66. The Morgan fingerprint density at radius 2 is 1.71 bits per heavy atom. The van der Waals surface area contributed by atoms with Crippen LogP contribution in [0, 0.1) is 5.41 Å². The highest BCUT2D eigenvalue weighted by Gasteiger charge is 2.38. The van der Waals surface area contributed by atoms with E-state index in [2.05, 4.69) is 12.2 Å². The Balaban J connectivity index is 1.85. The van der Waals surface area contributed by atoms with Crippen molar-refractivity contribution in [1.29, 1.82) is 0 Å². The fourth-order valence-electron chi connectivity index (χ4n) is 3.93. The van der Waals surface area contributed by atoms with Crippen molar-refractivity contribution in [2.24, 2.45) is 5.41 Å². The first-order chi connectivity index (χ1) is 16.6. The summed E-state index contributed by atoms with van der Waals surface area (Å²) in [6, 6.07) is 2.71. The minimum absolute atomic E-state index is 0.164. The van der Waals surface area contributed by atoms with Gasteiger partial charge in [-0.25, -0.2) is 0 Å². The lowest BCUT2D eigenvalue weighted by Crippen LogP contribution is -2.49. The van der Waals surface area contributed by atoms with Crippen LogP contribution in [-0.2, 0) is 10.4 Å². The highest BCUT2D eigenvalue weighted by atomic mass is 16.5. The molecule has 0 saturated heterocycles. The van der Waals surface area contributed by atoms with E-state index >= 15 is 0 Å². The average molecular weight is 431 g/mol. The van der Waals surface area contributed by atoms with Crippen molar-refractivity contribution in [2.45, 2.75) is 70.6 Å². The molecule has 1 saturated carbocycles. The summed E-state index contributed by atoms with van der Waals surface area (Å²) in [4.78, 5) is 13.2. The molecule has 5 nitrogen and oxygen atoms in total. The number of nitrogens with one attached hydrogen (secondary N) is 1. The standard InChI is InChI=1S/C26H35NO4/c1-24(2,29)22(27-23(28)26(4,30)20-10-6-5-7-11-20)19-12-14-21(15-13-19)31-18-25(3)16-8-9-17-25/h5-7,10-15,22,29-30H,8-9,16-18H2,1-4H3,(H,27,28)/t22-,26-/m1/s1/i5D,6D,7D,10D,11D. The van der Waals surface area contributed by atoms with Gasteiger partial charge in [0.15, 0.2) is 5.60 Å². The minimum Gasteiger partial charge on any atom is -0.493 e. The molecule has 0 unspecified atom stereocenters. The summed E-state index contributed by atoms with van der Waals surface area (Å²) in [6.45, 7) is 6.90. The van der Waals surface area contributed by atoms with Gasteiger partial charge in [0.25, 0.3) is 5.91 Å². The van der Waals surface area contributed by atoms with Gasteiger partial charge in [0, 0.05) is 5.41 Å². The van der Waals surface area contributed by atoms with Crippen molar-refractivity contribution in [3.8, 4) is 5.75 Å². The van der Waals surface area contributed by atoms with Gasteiger partial charge in [0.2, 0.25) is 0 Å². The predicted molar refractivity (Wildman–Crippen MR) is 122 cm³/mol. The third-order valence-electron chi connectivity index (χ3n) is 6.02. The summed E-state index contributed by atoms with van der Waals surface area (Å²) in [5.74, 6) is -0.346. The van der Waals surface area contributed by atoms with E-state index in [1.165, 1.54) is 26.7 Å². The zero-order chi connectivity index (χ0) is 27.1. The summed E-state index contributed by atoms with van der Waals surface area (Å²) >= 11 is 0. The normalized spacial score (nSPS) is 21.0. The molecule has 0 bridgehead atoms. The van der Waals surface area contributed by atoms with Gasteiger partial charge >= 0.3 is 0 Å². The maximum atomic E-state index is 13.2. The molecular weight excluding hydrogens is 390 g/mol. The Hall–Kier alpha value is -2.37. The molecular formula is C26H35NO4. The zero-order valence-corrected chi connectivity index (χ0v) is 18.6. The number of benzene rings is 2. The third-order valence-corrected chi connectivity index (χ3v) is 6.02. The molecule has 3 rings (SSSR count). The molecule has 2 aromatic rings. The Morgan fingerprint density at radius 1 is 1.13 bits per heavy atom. The van der Waals surface area contributed by atoms with E-state index in [1.807, 2.05) is 0 Å². The lowest BCUT2D eigenvalue weighted by Gasteiger charge is -2.33. The van der Waals surface area contributed by atoms with Crippen molar-refractivity contribution < 1.29 is 26.6 Å². The molecule has 2 aromatic carbocycles. The Labute approximate surface area is 192 Å². The number of rotatable bonds is 8. The van der Waals surface area contributed by atoms with Gasteiger partial charge in [-0.05, 0) is 56.9 Å². The fraction of sp³-hybridized carbons (Fsp3) is 0.500. The molecule has 1 amide bonds. The first-order valence-electron chi connectivity index (χ1n) is 13.1. The van der Waals surface area contributed by atoms with Gasteiger partial charge in [-0.3, -0.25) is 4.79 Å². The fourth-order valence-corrected chi connectivity index (χ4v) is 3.93. The quantitative estimate of drug-likeness (QED) is 0.577. The van der Waals surface area contributed by atoms with Crippen LogP contribution in [0.3, 0.4) is 0 Å². The number of carbonyl (C=O) groups excluding carboxylic acids is 1. The van der Waals surface area contributed by atoms with Gasteiger partial charge in [-0.15, -0.1) is 0 Å². The molecule has 5 heteroatoms. The van der Waals surface area contributed by atoms with Crippen molar-refractivity contribution in [2.75, 3.05) is 6.61 Å². The van der Waals surface area contributed by atoms with E-state index in [4.69, 9.17) is 11.6 Å². The summed E-state index contributed by atoms with van der Waals surface area (Å²) < 4.78 is 45.7. The second-order valence-electron chi connectivity index (χ2n) is 9.51. The van der Waals surface area contributed by atoms with Crippen LogP contribution in [-0.4, -0.2) is 28.3 Å². The molecule has 1 aliphatic rings. The molecule has 3 N–H and O–H groups in total. The van der Waals surface area contributed by atoms with E-state index in [9.17, 15) is 15.0 Å². The molecule has 0 spiro atoms. The van der Waals surface area contributed by atoms with Crippen LogP contribution in [0.25, 0.3) is 0 Å². The number of ether oxygens (including phenoxy) is 1. The summed E-state index contributed by atoms with van der Waals surface area (Å²) in [7, 11) is 0. The smallest absolute Gasteiger partial charge is 0.256 e. The molecule has 2 atom stereocenters. The zero-order valence-electron chi connectivity index (χ0n) is 23.6. The number of amides is 1. The number of aliphatic hydroxyl groups is 2. The monoisotopic (exact) mass is 430 g/mol. The van der Waals surface area contributed by atoms with Crippen LogP contribution in [0.4, 0.5) is 0 Å². The highest BCUT2D eigenvalue weighted by Crippen LogP contribution is 2.38. The molecule has 0 heterocycles. The molecule has 0 radical (unpaired) electrons.